The van der Waals surface area contributed by atoms with Crippen molar-refractivity contribution >= 4 is 21.9 Å². The van der Waals surface area contributed by atoms with Gasteiger partial charge >= 0.3 is 5.97 Å². The number of halogens is 1. The van der Waals surface area contributed by atoms with E-state index in [1.807, 2.05) is 24.3 Å². The van der Waals surface area contributed by atoms with Crippen molar-refractivity contribution in [2.24, 2.45) is 5.41 Å². The summed E-state index contributed by atoms with van der Waals surface area (Å²) in [5.74, 6) is -0.733. The average Bonchev–Trinajstić information content (AvgIpc) is 2.35. The molecule has 0 aliphatic heterocycles. The van der Waals surface area contributed by atoms with Gasteiger partial charge < -0.3 is 9.84 Å². The second kappa shape index (κ2) is 7.65. The van der Waals surface area contributed by atoms with Crippen LogP contribution in [0.15, 0.2) is 28.7 Å². The molecule has 1 aromatic carbocycles. The summed E-state index contributed by atoms with van der Waals surface area (Å²) in [5, 5.41) is 8.98. The normalized spacial score (nSPS) is 11.5. The van der Waals surface area contributed by atoms with E-state index in [1.54, 1.807) is 13.8 Å². The third-order valence-electron chi connectivity index (χ3n) is 3.10. The van der Waals surface area contributed by atoms with Gasteiger partial charge in [-0.3, -0.25) is 4.79 Å². The molecule has 0 spiro atoms. The summed E-state index contributed by atoms with van der Waals surface area (Å²) in [7, 11) is 0. The van der Waals surface area contributed by atoms with Crippen LogP contribution in [0.4, 0.5) is 0 Å². The summed E-state index contributed by atoms with van der Waals surface area (Å²) in [5.41, 5.74) is 0.514. The van der Waals surface area contributed by atoms with E-state index in [1.165, 1.54) is 0 Å². The molecule has 1 aromatic rings. The molecule has 0 heterocycles. The maximum absolute atomic E-state index is 10.9. The zero-order valence-corrected chi connectivity index (χ0v) is 13.1. The van der Waals surface area contributed by atoms with Crippen molar-refractivity contribution in [3.63, 3.8) is 0 Å². The molecule has 19 heavy (non-hydrogen) atoms. The second-order valence-electron chi connectivity index (χ2n) is 5.33. The zero-order valence-electron chi connectivity index (χ0n) is 11.5. The Morgan fingerprint density at radius 1 is 1.26 bits per heavy atom. The standard InChI is InChI=1S/C15H21BrO3/c1-15(2,14(17)18)9-3-4-10-19-11-12-5-7-13(16)8-6-12/h5-8H,3-4,9-11H2,1-2H3,(H,17,18). The zero-order chi connectivity index (χ0) is 14.3. The minimum Gasteiger partial charge on any atom is -0.481 e. The Labute approximate surface area is 123 Å². The van der Waals surface area contributed by atoms with Crippen molar-refractivity contribution in [2.75, 3.05) is 6.61 Å². The molecule has 0 bridgehead atoms. The number of carbonyl (C=O) groups is 1. The molecule has 0 aliphatic carbocycles. The lowest BCUT2D eigenvalue weighted by Gasteiger charge is -2.18. The van der Waals surface area contributed by atoms with E-state index >= 15 is 0 Å². The predicted octanol–water partition coefficient (Wildman–Crippen LogP) is 4.25. The summed E-state index contributed by atoms with van der Waals surface area (Å²) in [6, 6.07) is 8.04. The van der Waals surface area contributed by atoms with Crippen LogP contribution in [0.3, 0.4) is 0 Å². The molecule has 1 rings (SSSR count). The highest BCUT2D eigenvalue weighted by molar-refractivity contribution is 9.10. The minimum atomic E-state index is -0.733. The predicted molar refractivity (Wildman–Crippen MR) is 79.1 cm³/mol. The van der Waals surface area contributed by atoms with Crippen molar-refractivity contribution in [2.45, 2.75) is 39.7 Å². The van der Waals surface area contributed by atoms with E-state index < -0.39 is 11.4 Å². The van der Waals surface area contributed by atoms with Gasteiger partial charge in [0, 0.05) is 11.1 Å². The number of carboxylic acid groups (broad SMARTS) is 1. The van der Waals surface area contributed by atoms with Crippen LogP contribution in [0.5, 0.6) is 0 Å². The summed E-state index contributed by atoms with van der Waals surface area (Å²) in [4.78, 5) is 10.9. The van der Waals surface area contributed by atoms with Crippen LogP contribution < -0.4 is 0 Å². The van der Waals surface area contributed by atoms with E-state index in [4.69, 9.17) is 9.84 Å². The van der Waals surface area contributed by atoms with Crippen LogP contribution in [0.25, 0.3) is 0 Å². The summed E-state index contributed by atoms with van der Waals surface area (Å²) >= 11 is 3.39. The van der Waals surface area contributed by atoms with Crippen LogP contribution in [-0.2, 0) is 16.1 Å². The molecule has 0 saturated carbocycles. The van der Waals surface area contributed by atoms with Crippen molar-refractivity contribution in [1.29, 1.82) is 0 Å². The van der Waals surface area contributed by atoms with Gasteiger partial charge in [0.15, 0.2) is 0 Å². The van der Waals surface area contributed by atoms with Gasteiger partial charge in [-0.25, -0.2) is 0 Å². The fraction of sp³-hybridized carbons (Fsp3) is 0.533. The number of hydrogen-bond donors (Lipinski definition) is 1. The van der Waals surface area contributed by atoms with Gasteiger partial charge in [0.2, 0.25) is 0 Å². The maximum atomic E-state index is 10.9. The first-order chi connectivity index (χ1) is 8.92. The van der Waals surface area contributed by atoms with Crippen LogP contribution in [-0.4, -0.2) is 17.7 Å². The van der Waals surface area contributed by atoms with Crippen molar-refractivity contribution in [3.8, 4) is 0 Å². The van der Waals surface area contributed by atoms with Crippen molar-refractivity contribution in [1.82, 2.24) is 0 Å². The lowest BCUT2D eigenvalue weighted by Crippen LogP contribution is -2.23. The molecule has 0 atom stereocenters. The second-order valence-corrected chi connectivity index (χ2v) is 6.24. The largest absolute Gasteiger partial charge is 0.481 e. The molecule has 0 aliphatic rings. The van der Waals surface area contributed by atoms with E-state index in [9.17, 15) is 4.79 Å². The van der Waals surface area contributed by atoms with Crippen LogP contribution in [0, 0.1) is 5.41 Å². The minimum absolute atomic E-state index is 0.607. The highest BCUT2D eigenvalue weighted by Gasteiger charge is 2.25. The lowest BCUT2D eigenvalue weighted by molar-refractivity contribution is -0.147. The summed E-state index contributed by atoms with van der Waals surface area (Å²) < 4.78 is 6.63. The fourth-order valence-electron chi connectivity index (χ4n) is 1.65. The number of unbranched alkanes of at least 4 members (excludes halogenated alkanes) is 1. The van der Waals surface area contributed by atoms with Gasteiger partial charge in [-0.05, 0) is 44.4 Å². The molecule has 0 fully saturated rings. The molecule has 106 valence electrons. The number of rotatable bonds is 8. The molecular formula is C15H21BrO3. The number of carboxylic acids is 1. The lowest BCUT2D eigenvalue weighted by atomic mass is 9.87. The summed E-state index contributed by atoms with van der Waals surface area (Å²) in [6.45, 7) is 4.80. The molecule has 1 N–H and O–H groups in total. The highest BCUT2D eigenvalue weighted by atomic mass is 79.9. The van der Waals surface area contributed by atoms with Gasteiger partial charge in [0.1, 0.15) is 0 Å². The molecule has 0 saturated heterocycles. The Morgan fingerprint density at radius 2 is 1.89 bits per heavy atom. The Hall–Kier alpha value is -0.870. The molecular weight excluding hydrogens is 308 g/mol. The Morgan fingerprint density at radius 3 is 2.47 bits per heavy atom. The van der Waals surface area contributed by atoms with Crippen molar-refractivity contribution < 1.29 is 14.6 Å². The van der Waals surface area contributed by atoms with E-state index in [0.717, 1.165) is 22.9 Å². The third kappa shape index (κ3) is 6.21. The van der Waals surface area contributed by atoms with Gasteiger partial charge in [-0.15, -0.1) is 0 Å². The maximum Gasteiger partial charge on any atom is 0.309 e. The Kier molecular flexibility index (Phi) is 6.52. The molecule has 0 amide bonds. The van der Waals surface area contributed by atoms with Crippen LogP contribution >= 0.6 is 15.9 Å². The first-order valence-electron chi connectivity index (χ1n) is 6.47. The Balaban J connectivity index is 2.12. The van der Waals surface area contributed by atoms with Gasteiger partial charge in [-0.1, -0.05) is 34.5 Å². The first-order valence-corrected chi connectivity index (χ1v) is 7.27. The smallest absolute Gasteiger partial charge is 0.309 e. The monoisotopic (exact) mass is 328 g/mol. The number of benzene rings is 1. The molecule has 3 nitrogen and oxygen atoms in total. The number of aliphatic carboxylic acids is 1. The molecule has 4 heteroatoms. The van der Waals surface area contributed by atoms with E-state index in [0.29, 0.717) is 19.6 Å². The Bertz CT molecular complexity index is 398. The first kappa shape index (κ1) is 16.2. The highest BCUT2D eigenvalue weighted by Crippen LogP contribution is 2.23. The van der Waals surface area contributed by atoms with E-state index in [-0.39, 0.29) is 0 Å². The molecule has 0 radical (unpaired) electrons. The SMILES string of the molecule is CC(C)(CCCCOCc1ccc(Br)cc1)C(=O)O. The molecule has 0 aromatic heterocycles. The quantitative estimate of drug-likeness (QED) is 0.726. The van der Waals surface area contributed by atoms with Gasteiger partial charge in [-0.2, -0.15) is 0 Å². The number of ether oxygens (including phenoxy) is 1. The third-order valence-corrected chi connectivity index (χ3v) is 3.63. The number of hydrogen-bond acceptors (Lipinski definition) is 2. The van der Waals surface area contributed by atoms with Crippen LogP contribution in [0.2, 0.25) is 0 Å². The van der Waals surface area contributed by atoms with Crippen LogP contribution in [0.1, 0.15) is 38.7 Å². The average molecular weight is 329 g/mol. The topological polar surface area (TPSA) is 46.5 Å². The van der Waals surface area contributed by atoms with Crippen molar-refractivity contribution in [3.05, 3.63) is 34.3 Å². The van der Waals surface area contributed by atoms with Gasteiger partial charge in [0.05, 0.1) is 12.0 Å². The fourth-order valence-corrected chi connectivity index (χ4v) is 1.91. The summed E-state index contributed by atoms with van der Waals surface area (Å²) in [6.07, 6.45) is 2.46. The molecule has 0 unspecified atom stereocenters. The van der Waals surface area contributed by atoms with Gasteiger partial charge in [0.25, 0.3) is 0 Å². The van der Waals surface area contributed by atoms with E-state index in [2.05, 4.69) is 15.9 Å².